The molecule has 2 amide bonds. The lowest BCUT2D eigenvalue weighted by molar-refractivity contribution is -0.128. The summed E-state index contributed by atoms with van der Waals surface area (Å²) in [4.78, 5) is 30.5. The molecule has 2 atom stereocenters. The average molecular weight is 662 g/mol. The predicted molar refractivity (Wildman–Crippen MR) is 172 cm³/mol. The Bertz CT molecular complexity index is 1630. The quantitative estimate of drug-likeness (QED) is 0.323. The minimum atomic E-state index is -3.66. The molecule has 0 spiro atoms. The minimum absolute atomic E-state index is 0.120. The fourth-order valence-electron chi connectivity index (χ4n) is 5.26. The maximum Gasteiger partial charge on any atom is 0.265 e. The van der Waals surface area contributed by atoms with E-state index in [9.17, 15) is 18.0 Å². The Kier molecular flexibility index (Phi) is 10.0. The maximum absolute atomic E-state index is 13.9. The van der Waals surface area contributed by atoms with Crippen LogP contribution in [0.4, 0.5) is 11.4 Å². The van der Waals surface area contributed by atoms with Gasteiger partial charge in [0.25, 0.3) is 5.91 Å². The van der Waals surface area contributed by atoms with Gasteiger partial charge in [0.15, 0.2) is 6.61 Å². The zero-order valence-electron chi connectivity index (χ0n) is 24.4. The number of sulfonamides is 1. The number of nitrogens with one attached hydrogen (secondary N) is 2. The van der Waals surface area contributed by atoms with Crippen LogP contribution >= 0.6 is 23.2 Å². The van der Waals surface area contributed by atoms with Crippen molar-refractivity contribution >= 4 is 56.4 Å². The second-order valence-electron chi connectivity index (χ2n) is 10.6. The van der Waals surface area contributed by atoms with E-state index in [1.165, 1.54) is 17.0 Å². The molecule has 0 bridgehead atoms. The number of rotatable bonds is 10. The first-order chi connectivity index (χ1) is 21.1. The first-order valence-electron chi connectivity index (χ1n) is 14.3. The molecule has 10 nitrogen and oxygen atoms in total. The zero-order valence-corrected chi connectivity index (χ0v) is 26.7. The van der Waals surface area contributed by atoms with Gasteiger partial charge in [-0.05, 0) is 42.7 Å². The Balaban J connectivity index is 1.51. The Morgan fingerprint density at radius 3 is 2.41 bits per heavy atom. The SMILES string of the molecule is CCS(=O)(=O)Nc1cc(-c2ccccc2)ccc1C(CN1CCOCC1)NC(=O)C(C)N1C(=O)COc2cc(Cl)c(Cl)cc21. The van der Waals surface area contributed by atoms with Gasteiger partial charge in [0, 0.05) is 25.7 Å². The van der Waals surface area contributed by atoms with Gasteiger partial charge in [-0.1, -0.05) is 65.7 Å². The number of morpholine rings is 1. The molecule has 0 radical (unpaired) electrons. The summed E-state index contributed by atoms with van der Waals surface area (Å²) < 4.78 is 39.4. The fraction of sp³-hybridized carbons (Fsp3) is 0.355. The van der Waals surface area contributed by atoms with Gasteiger partial charge < -0.3 is 14.8 Å². The van der Waals surface area contributed by atoms with E-state index in [1.54, 1.807) is 19.9 Å². The molecule has 2 aliphatic rings. The van der Waals surface area contributed by atoms with E-state index in [1.807, 2.05) is 42.5 Å². The molecule has 1 fully saturated rings. The van der Waals surface area contributed by atoms with Crippen LogP contribution in [0, 0.1) is 0 Å². The number of amides is 2. The molecular weight excluding hydrogens is 627 g/mol. The van der Waals surface area contributed by atoms with E-state index in [0.29, 0.717) is 55.5 Å². The molecule has 5 rings (SSSR count). The molecular formula is C31H34Cl2N4O6S. The third-order valence-electron chi connectivity index (χ3n) is 7.69. The van der Waals surface area contributed by atoms with Crippen molar-refractivity contribution < 1.29 is 27.5 Å². The number of carbonyl (C=O) groups excluding carboxylic acids is 2. The molecule has 0 aliphatic carbocycles. The molecule has 13 heteroatoms. The van der Waals surface area contributed by atoms with Crippen LogP contribution in [0.2, 0.25) is 10.0 Å². The molecule has 234 valence electrons. The molecule has 2 aliphatic heterocycles. The number of benzene rings is 3. The van der Waals surface area contributed by atoms with E-state index >= 15 is 0 Å². The van der Waals surface area contributed by atoms with Gasteiger partial charge >= 0.3 is 0 Å². The average Bonchev–Trinajstić information content (AvgIpc) is 3.02. The van der Waals surface area contributed by atoms with Gasteiger partial charge in [-0.2, -0.15) is 0 Å². The van der Waals surface area contributed by atoms with Gasteiger partial charge in [0.2, 0.25) is 15.9 Å². The smallest absolute Gasteiger partial charge is 0.265 e. The van der Waals surface area contributed by atoms with Crippen molar-refractivity contribution in [3.8, 4) is 16.9 Å². The fourth-order valence-corrected chi connectivity index (χ4v) is 6.23. The Hall–Kier alpha value is -3.35. The van der Waals surface area contributed by atoms with Gasteiger partial charge in [-0.15, -0.1) is 0 Å². The highest BCUT2D eigenvalue weighted by Crippen LogP contribution is 2.40. The minimum Gasteiger partial charge on any atom is -0.482 e. The highest BCUT2D eigenvalue weighted by Gasteiger charge is 2.35. The molecule has 0 aromatic heterocycles. The van der Waals surface area contributed by atoms with Crippen LogP contribution in [0.25, 0.3) is 11.1 Å². The number of ether oxygens (including phenoxy) is 2. The topological polar surface area (TPSA) is 117 Å². The molecule has 2 unspecified atom stereocenters. The van der Waals surface area contributed by atoms with Gasteiger partial charge in [0.1, 0.15) is 11.8 Å². The summed E-state index contributed by atoms with van der Waals surface area (Å²) in [6, 6.07) is 16.6. The van der Waals surface area contributed by atoms with Crippen molar-refractivity contribution in [3.05, 3.63) is 76.3 Å². The molecule has 0 saturated carbocycles. The van der Waals surface area contributed by atoms with Crippen molar-refractivity contribution in [2.75, 3.05) is 54.8 Å². The van der Waals surface area contributed by atoms with Crippen LogP contribution in [0.1, 0.15) is 25.5 Å². The Labute approximate surface area is 267 Å². The van der Waals surface area contributed by atoms with Crippen molar-refractivity contribution in [2.45, 2.75) is 25.9 Å². The summed E-state index contributed by atoms with van der Waals surface area (Å²) in [6.07, 6.45) is 0. The van der Waals surface area contributed by atoms with E-state index in [-0.39, 0.29) is 22.4 Å². The third kappa shape index (κ3) is 7.30. The number of hydrogen-bond acceptors (Lipinski definition) is 7. The predicted octanol–water partition coefficient (Wildman–Crippen LogP) is 4.73. The van der Waals surface area contributed by atoms with E-state index in [0.717, 1.165) is 11.1 Å². The highest BCUT2D eigenvalue weighted by molar-refractivity contribution is 7.92. The van der Waals surface area contributed by atoms with Crippen LogP contribution in [-0.4, -0.2) is 76.4 Å². The number of fused-ring (bicyclic) bond motifs is 1. The van der Waals surface area contributed by atoms with Crippen LogP contribution in [0.3, 0.4) is 0 Å². The number of halogens is 2. The zero-order chi connectivity index (χ0) is 31.4. The summed E-state index contributed by atoms with van der Waals surface area (Å²) >= 11 is 12.4. The second-order valence-corrected chi connectivity index (χ2v) is 13.4. The summed E-state index contributed by atoms with van der Waals surface area (Å²) in [5.41, 5.74) is 3.04. The number of nitrogens with zero attached hydrogens (tertiary/aromatic N) is 2. The van der Waals surface area contributed by atoms with Crippen molar-refractivity contribution in [1.82, 2.24) is 10.2 Å². The lowest BCUT2D eigenvalue weighted by Crippen LogP contribution is -2.53. The first-order valence-corrected chi connectivity index (χ1v) is 16.7. The summed E-state index contributed by atoms with van der Waals surface area (Å²) in [5, 5.41) is 3.60. The standard InChI is InChI=1S/C31H34Cl2N4O6S/c1-3-44(40,41)35-26-15-22(21-7-5-4-6-8-21)9-10-23(26)27(18-36-11-13-42-14-12-36)34-31(39)20(2)37-28-16-24(32)25(33)17-29(28)43-19-30(37)38/h4-10,15-17,20,27,35H,3,11-14,18-19H2,1-2H3,(H,34,39). The van der Waals surface area contributed by atoms with Crippen LogP contribution in [0.15, 0.2) is 60.7 Å². The van der Waals surface area contributed by atoms with Gasteiger partial charge in [-0.3, -0.25) is 24.1 Å². The van der Waals surface area contributed by atoms with Gasteiger partial charge in [0.05, 0.1) is 46.4 Å². The number of anilines is 2. The molecule has 2 heterocycles. The lowest BCUT2D eigenvalue weighted by atomic mass is 9.98. The van der Waals surface area contributed by atoms with Crippen LogP contribution in [0.5, 0.6) is 5.75 Å². The van der Waals surface area contributed by atoms with Crippen molar-refractivity contribution in [1.29, 1.82) is 0 Å². The van der Waals surface area contributed by atoms with E-state index < -0.39 is 33.9 Å². The molecule has 2 N–H and O–H groups in total. The van der Waals surface area contributed by atoms with Crippen molar-refractivity contribution in [3.63, 3.8) is 0 Å². The van der Waals surface area contributed by atoms with Gasteiger partial charge in [-0.25, -0.2) is 8.42 Å². The Morgan fingerprint density at radius 1 is 1.00 bits per heavy atom. The molecule has 3 aromatic carbocycles. The van der Waals surface area contributed by atoms with Crippen LogP contribution < -0.4 is 19.7 Å². The van der Waals surface area contributed by atoms with Crippen LogP contribution in [-0.2, 0) is 24.3 Å². The third-order valence-corrected chi connectivity index (χ3v) is 9.70. The van der Waals surface area contributed by atoms with Crippen molar-refractivity contribution in [2.24, 2.45) is 0 Å². The monoisotopic (exact) mass is 660 g/mol. The van der Waals surface area contributed by atoms with E-state index in [4.69, 9.17) is 32.7 Å². The Morgan fingerprint density at radius 2 is 1.70 bits per heavy atom. The summed E-state index contributed by atoms with van der Waals surface area (Å²) in [7, 11) is -3.66. The lowest BCUT2D eigenvalue weighted by Gasteiger charge is -2.36. The molecule has 44 heavy (non-hydrogen) atoms. The maximum atomic E-state index is 13.9. The summed E-state index contributed by atoms with van der Waals surface area (Å²) in [5.74, 6) is -0.625. The molecule has 1 saturated heterocycles. The summed E-state index contributed by atoms with van der Waals surface area (Å²) in [6.45, 7) is 5.70. The highest BCUT2D eigenvalue weighted by atomic mass is 35.5. The number of carbonyl (C=O) groups is 2. The molecule has 3 aromatic rings. The first kappa shape index (κ1) is 32.1. The second kappa shape index (κ2) is 13.7. The largest absolute Gasteiger partial charge is 0.482 e. The normalized spacial score (nSPS) is 16.9. The number of hydrogen-bond donors (Lipinski definition) is 2. The van der Waals surface area contributed by atoms with E-state index in [2.05, 4.69) is 14.9 Å².